The zero-order chi connectivity index (χ0) is 10.5. The first-order chi connectivity index (χ1) is 7.36. The predicted molar refractivity (Wildman–Crippen MR) is 59.6 cm³/mol. The molecule has 1 fully saturated rings. The molecule has 3 heteroatoms. The van der Waals surface area contributed by atoms with Crippen LogP contribution in [0.5, 0.6) is 0 Å². The van der Waals surface area contributed by atoms with Crippen molar-refractivity contribution in [1.82, 2.24) is 10.3 Å². The molecule has 0 aliphatic carbocycles. The summed E-state index contributed by atoms with van der Waals surface area (Å²) >= 11 is 0. The van der Waals surface area contributed by atoms with E-state index >= 15 is 0 Å². The maximum atomic E-state index is 5.44. The zero-order valence-corrected chi connectivity index (χ0v) is 9.15. The van der Waals surface area contributed by atoms with Gasteiger partial charge in [0, 0.05) is 31.1 Å². The van der Waals surface area contributed by atoms with Gasteiger partial charge in [-0.25, -0.2) is 0 Å². The molecule has 0 saturated carbocycles. The van der Waals surface area contributed by atoms with Crippen LogP contribution in [0.1, 0.15) is 31.4 Å². The van der Waals surface area contributed by atoms with Gasteiger partial charge in [0.15, 0.2) is 0 Å². The van der Waals surface area contributed by atoms with Gasteiger partial charge in [-0.15, -0.1) is 0 Å². The number of nitrogens with one attached hydrogen (secondary N) is 1. The molecule has 3 nitrogen and oxygen atoms in total. The third-order valence-electron chi connectivity index (χ3n) is 2.85. The third-order valence-corrected chi connectivity index (χ3v) is 2.85. The second kappa shape index (κ2) is 5.24. The van der Waals surface area contributed by atoms with Gasteiger partial charge in [0.25, 0.3) is 0 Å². The smallest absolute Gasteiger partial charge is 0.0619 e. The van der Waals surface area contributed by atoms with Crippen molar-refractivity contribution >= 4 is 0 Å². The molecule has 0 radical (unpaired) electrons. The molecule has 0 spiro atoms. The highest BCUT2D eigenvalue weighted by atomic mass is 16.5. The Labute approximate surface area is 90.9 Å². The van der Waals surface area contributed by atoms with E-state index in [1.165, 1.54) is 18.4 Å². The van der Waals surface area contributed by atoms with E-state index in [0.717, 1.165) is 13.2 Å². The largest absolute Gasteiger partial charge is 0.380 e. The summed E-state index contributed by atoms with van der Waals surface area (Å²) in [7, 11) is 0. The Bertz CT molecular complexity index is 283. The van der Waals surface area contributed by atoms with E-state index in [9.17, 15) is 0 Å². The van der Waals surface area contributed by atoms with Crippen molar-refractivity contribution in [2.75, 3.05) is 13.2 Å². The zero-order valence-electron chi connectivity index (χ0n) is 9.15. The Kier molecular flexibility index (Phi) is 3.69. The monoisotopic (exact) mass is 206 g/mol. The number of rotatable bonds is 3. The highest BCUT2D eigenvalue weighted by molar-refractivity contribution is 5.14. The molecule has 0 bridgehead atoms. The lowest BCUT2D eigenvalue weighted by Gasteiger charge is -2.26. The van der Waals surface area contributed by atoms with E-state index in [1.54, 1.807) is 0 Å². The van der Waals surface area contributed by atoms with Crippen molar-refractivity contribution in [2.45, 2.75) is 31.8 Å². The summed E-state index contributed by atoms with van der Waals surface area (Å²) in [4.78, 5) is 4.02. The normalized spacial score (nSPS) is 23.7. The maximum absolute atomic E-state index is 5.44. The Morgan fingerprint density at radius 3 is 2.93 bits per heavy atom. The summed E-state index contributed by atoms with van der Waals surface area (Å²) in [5, 5.41) is 3.58. The first-order valence-corrected chi connectivity index (χ1v) is 5.60. The van der Waals surface area contributed by atoms with Crippen molar-refractivity contribution in [1.29, 1.82) is 0 Å². The van der Waals surface area contributed by atoms with Crippen LogP contribution in [0, 0.1) is 0 Å². The second-order valence-electron chi connectivity index (χ2n) is 4.08. The quantitative estimate of drug-likeness (QED) is 0.820. The molecule has 1 aromatic rings. The van der Waals surface area contributed by atoms with Gasteiger partial charge < -0.3 is 10.1 Å². The SMILES string of the molecule is C[C@H](NC1CCCOC1)c1ccncc1. The van der Waals surface area contributed by atoms with E-state index in [4.69, 9.17) is 4.74 Å². The molecule has 2 rings (SSSR count). The number of aromatic nitrogens is 1. The van der Waals surface area contributed by atoms with E-state index in [2.05, 4.69) is 29.4 Å². The molecule has 0 amide bonds. The van der Waals surface area contributed by atoms with Crippen LogP contribution in [0.2, 0.25) is 0 Å². The van der Waals surface area contributed by atoms with E-state index < -0.39 is 0 Å². The van der Waals surface area contributed by atoms with Crippen LogP contribution in [0.15, 0.2) is 24.5 Å². The lowest BCUT2D eigenvalue weighted by molar-refractivity contribution is 0.0671. The molecule has 1 unspecified atom stereocenters. The van der Waals surface area contributed by atoms with Crippen LogP contribution in [-0.2, 0) is 4.74 Å². The van der Waals surface area contributed by atoms with Crippen molar-refractivity contribution in [2.24, 2.45) is 0 Å². The average Bonchev–Trinajstić information content (AvgIpc) is 2.31. The minimum absolute atomic E-state index is 0.375. The molecule has 1 saturated heterocycles. The van der Waals surface area contributed by atoms with Gasteiger partial charge in [-0.05, 0) is 37.5 Å². The highest BCUT2D eigenvalue weighted by Crippen LogP contribution is 2.14. The Morgan fingerprint density at radius 1 is 1.47 bits per heavy atom. The van der Waals surface area contributed by atoms with Crippen LogP contribution in [0.3, 0.4) is 0 Å². The summed E-state index contributed by atoms with van der Waals surface area (Å²) in [6.45, 7) is 3.95. The molecule has 2 heterocycles. The van der Waals surface area contributed by atoms with Gasteiger partial charge in [-0.3, -0.25) is 4.98 Å². The summed E-state index contributed by atoms with van der Waals surface area (Å²) in [5.41, 5.74) is 1.29. The predicted octanol–water partition coefficient (Wildman–Crippen LogP) is 1.91. The Balaban J connectivity index is 1.88. The van der Waals surface area contributed by atoms with Crippen LogP contribution in [0.4, 0.5) is 0 Å². The average molecular weight is 206 g/mol. The van der Waals surface area contributed by atoms with Gasteiger partial charge in [-0.1, -0.05) is 0 Å². The fourth-order valence-corrected chi connectivity index (χ4v) is 1.97. The van der Waals surface area contributed by atoms with E-state index in [-0.39, 0.29) is 0 Å². The molecule has 1 aliphatic rings. The molecular weight excluding hydrogens is 188 g/mol. The number of ether oxygens (including phenoxy) is 1. The molecule has 1 aliphatic heterocycles. The van der Waals surface area contributed by atoms with Crippen LogP contribution in [-0.4, -0.2) is 24.2 Å². The summed E-state index contributed by atoms with van der Waals surface area (Å²) in [5.74, 6) is 0. The standard InChI is InChI=1S/C12H18N2O/c1-10(11-4-6-13-7-5-11)14-12-3-2-8-15-9-12/h4-7,10,12,14H,2-3,8-9H2,1H3/t10-,12?/m0/s1. The van der Waals surface area contributed by atoms with Gasteiger partial charge in [0.1, 0.15) is 0 Å². The second-order valence-corrected chi connectivity index (χ2v) is 4.08. The molecule has 1 N–H and O–H groups in total. The molecule has 1 aromatic heterocycles. The summed E-state index contributed by atoms with van der Waals surface area (Å²) < 4.78 is 5.44. The highest BCUT2D eigenvalue weighted by Gasteiger charge is 2.16. The lowest BCUT2D eigenvalue weighted by atomic mass is 10.1. The minimum atomic E-state index is 0.375. The first-order valence-electron chi connectivity index (χ1n) is 5.60. The topological polar surface area (TPSA) is 34.1 Å². The maximum Gasteiger partial charge on any atom is 0.0619 e. The van der Waals surface area contributed by atoms with Crippen LogP contribution >= 0.6 is 0 Å². The van der Waals surface area contributed by atoms with Gasteiger partial charge >= 0.3 is 0 Å². The molecule has 2 atom stereocenters. The van der Waals surface area contributed by atoms with Crippen molar-refractivity contribution in [3.8, 4) is 0 Å². The number of hydrogen-bond donors (Lipinski definition) is 1. The summed E-state index contributed by atoms with van der Waals surface area (Å²) in [6, 6.07) is 4.99. The minimum Gasteiger partial charge on any atom is -0.380 e. The number of nitrogens with zero attached hydrogens (tertiary/aromatic N) is 1. The molecule has 15 heavy (non-hydrogen) atoms. The number of pyridine rings is 1. The van der Waals surface area contributed by atoms with Crippen LogP contribution in [0.25, 0.3) is 0 Å². The fraction of sp³-hybridized carbons (Fsp3) is 0.583. The third kappa shape index (κ3) is 3.01. The lowest BCUT2D eigenvalue weighted by Crippen LogP contribution is -2.38. The molecule has 0 aromatic carbocycles. The summed E-state index contributed by atoms with van der Waals surface area (Å²) in [6.07, 6.45) is 6.06. The van der Waals surface area contributed by atoms with Crippen LogP contribution < -0.4 is 5.32 Å². The van der Waals surface area contributed by atoms with Crippen molar-refractivity contribution in [3.63, 3.8) is 0 Å². The van der Waals surface area contributed by atoms with Gasteiger partial charge in [0.2, 0.25) is 0 Å². The van der Waals surface area contributed by atoms with Crippen molar-refractivity contribution in [3.05, 3.63) is 30.1 Å². The van der Waals surface area contributed by atoms with E-state index in [1.807, 2.05) is 12.4 Å². The fourth-order valence-electron chi connectivity index (χ4n) is 1.97. The van der Waals surface area contributed by atoms with Gasteiger partial charge in [0.05, 0.1) is 6.61 Å². The first kappa shape index (κ1) is 10.6. The molecule has 82 valence electrons. The van der Waals surface area contributed by atoms with Crippen molar-refractivity contribution < 1.29 is 4.74 Å². The number of hydrogen-bond acceptors (Lipinski definition) is 3. The van der Waals surface area contributed by atoms with Gasteiger partial charge in [-0.2, -0.15) is 0 Å². The Morgan fingerprint density at radius 2 is 2.27 bits per heavy atom. The van der Waals surface area contributed by atoms with E-state index in [0.29, 0.717) is 12.1 Å². The molecular formula is C12H18N2O. The Hall–Kier alpha value is -0.930.